The van der Waals surface area contributed by atoms with Crippen LogP contribution in [0.3, 0.4) is 0 Å². The highest BCUT2D eigenvalue weighted by Gasteiger charge is 2.12. The van der Waals surface area contributed by atoms with Crippen molar-refractivity contribution >= 4 is 0 Å². The first-order valence-corrected chi connectivity index (χ1v) is 4.91. The lowest BCUT2D eigenvalue weighted by molar-refractivity contribution is 0.510. The van der Waals surface area contributed by atoms with E-state index in [4.69, 9.17) is 10.2 Å². The quantitative estimate of drug-likeness (QED) is 0.827. The standard InChI is InChI=1S/C10H14N4O/c1-7(2)14-6-12-13-10(14)9-4-3-8(5-11)15-9/h3-4,6-7H,5,11H2,1-2H3. The van der Waals surface area contributed by atoms with E-state index in [1.165, 1.54) is 0 Å². The number of nitrogens with zero attached hydrogens (tertiary/aromatic N) is 3. The van der Waals surface area contributed by atoms with Gasteiger partial charge in [-0.1, -0.05) is 0 Å². The average molecular weight is 206 g/mol. The zero-order chi connectivity index (χ0) is 10.8. The molecule has 0 amide bonds. The van der Waals surface area contributed by atoms with Gasteiger partial charge in [0.25, 0.3) is 0 Å². The van der Waals surface area contributed by atoms with Crippen LogP contribution in [0.15, 0.2) is 22.9 Å². The van der Waals surface area contributed by atoms with Crippen molar-refractivity contribution in [2.75, 3.05) is 0 Å². The Bertz CT molecular complexity index is 444. The molecular formula is C10H14N4O. The Balaban J connectivity index is 2.40. The highest BCUT2D eigenvalue weighted by molar-refractivity contribution is 5.47. The second kappa shape index (κ2) is 3.86. The summed E-state index contributed by atoms with van der Waals surface area (Å²) in [5.41, 5.74) is 5.48. The number of nitrogens with two attached hydrogens (primary N) is 1. The van der Waals surface area contributed by atoms with Crippen LogP contribution in [0.25, 0.3) is 11.6 Å². The van der Waals surface area contributed by atoms with Crippen molar-refractivity contribution < 1.29 is 4.42 Å². The number of aromatic nitrogens is 3. The first kappa shape index (κ1) is 9.92. The molecule has 2 rings (SSSR count). The minimum absolute atomic E-state index is 0.307. The Morgan fingerprint density at radius 1 is 1.47 bits per heavy atom. The Kier molecular flexibility index (Phi) is 2.55. The zero-order valence-electron chi connectivity index (χ0n) is 8.84. The molecule has 0 radical (unpaired) electrons. The number of hydrogen-bond acceptors (Lipinski definition) is 4. The van der Waals surface area contributed by atoms with Gasteiger partial charge in [-0.25, -0.2) is 0 Å². The molecule has 5 nitrogen and oxygen atoms in total. The van der Waals surface area contributed by atoms with Crippen LogP contribution in [0, 0.1) is 0 Å². The van der Waals surface area contributed by atoms with Crippen molar-refractivity contribution in [3.8, 4) is 11.6 Å². The molecule has 2 heterocycles. The third kappa shape index (κ3) is 1.78. The van der Waals surface area contributed by atoms with Crippen molar-refractivity contribution in [1.82, 2.24) is 14.8 Å². The van der Waals surface area contributed by atoms with Crippen molar-refractivity contribution in [2.45, 2.75) is 26.4 Å². The molecule has 0 atom stereocenters. The van der Waals surface area contributed by atoms with Crippen LogP contribution in [-0.4, -0.2) is 14.8 Å². The predicted molar refractivity (Wildman–Crippen MR) is 56.0 cm³/mol. The molecule has 0 aliphatic rings. The van der Waals surface area contributed by atoms with Crippen molar-refractivity contribution in [3.63, 3.8) is 0 Å². The summed E-state index contributed by atoms with van der Waals surface area (Å²) >= 11 is 0. The molecule has 0 spiro atoms. The van der Waals surface area contributed by atoms with E-state index in [2.05, 4.69) is 24.0 Å². The van der Waals surface area contributed by atoms with Gasteiger partial charge in [0, 0.05) is 6.04 Å². The maximum absolute atomic E-state index is 5.52. The molecular weight excluding hydrogens is 192 g/mol. The maximum atomic E-state index is 5.52. The SMILES string of the molecule is CC(C)n1cnnc1-c1ccc(CN)o1. The van der Waals surface area contributed by atoms with Crippen LogP contribution >= 0.6 is 0 Å². The lowest BCUT2D eigenvalue weighted by Crippen LogP contribution is -2.01. The lowest BCUT2D eigenvalue weighted by atomic mass is 10.3. The molecule has 0 unspecified atom stereocenters. The van der Waals surface area contributed by atoms with Crippen LogP contribution in [0.4, 0.5) is 0 Å². The summed E-state index contributed by atoms with van der Waals surface area (Å²) in [6, 6.07) is 4.03. The molecule has 0 saturated heterocycles. The Morgan fingerprint density at radius 2 is 2.27 bits per heavy atom. The minimum Gasteiger partial charge on any atom is -0.456 e. The first-order chi connectivity index (χ1) is 7.22. The predicted octanol–water partition coefficient (Wildman–Crippen LogP) is 1.58. The third-order valence-electron chi connectivity index (χ3n) is 2.21. The number of rotatable bonds is 3. The second-order valence-electron chi connectivity index (χ2n) is 3.63. The van der Waals surface area contributed by atoms with Crippen LogP contribution in [0.5, 0.6) is 0 Å². The molecule has 0 fully saturated rings. The fourth-order valence-electron chi connectivity index (χ4n) is 1.40. The normalized spacial score (nSPS) is 11.2. The smallest absolute Gasteiger partial charge is 0.199 e. The molecule has 0 aliphatic heterocycles. The van der Waals surface area contributed by atoms with Gasteiger partial charge in [-0.2, -0.15) is 0 Å². The Morgan fingerprint density at radius 3 is 2.87 bits per heavy atom. The summed E-state index contributed by atoms with van der Waals surface area (Å²) in [6.07, 6.45) is 1.70. The third-order valence-corrected chi connectivity index (χ3v) is 2.21. The summed E-state index contributed by atoms with van der Waals surface area (Å²) in [4.78, 5) is 0. The van der Waals surface area contributed by atoms with Gasteiger partial charge in [0.05, 0.1) is 6.54 Å². The molecule has 0 saturated carbocycles. The van der Waals surface area contributed by atoms with Gasteiger partial charge in [0.1, 0.15) is 12.1 Å². The van der Waals surface area contributed by atoms with Crippen LogP contribution in [0.1, 0.15) is 25.6 Å². The van der Waals surface area contributed by atoms with Crippen molar-refractivity contribution in [1.29, 1.82) is 0 Å². The van der Waals surface area contributed by atoms with Gasteiger partial charge in [0.15, 0.2) is 11.6 Å². The van der Waals surface area contributed by atoms with E-state index in [9.17, 15) is 0 Å². The second-order valence-corrected chi connectivity index (χ2v) is 3.63. The fraction of sp³-hybridized carbons (Fsp3) is 0.400. The maximum Gasteiger partial charge on any atom is 0.199 e. The zero-order valence-corrected chi connectivity index (χ0v) is 8.84. The molecule has 5 heteroatoms. The Labute approximate surface area is 87.9 Å². The summed E-state index contributed by atoms with van der Waals surface area (Å²) in [5, 5.41) is 7.91. The molecule has 80 valence electrons. The van der Waals surface area contributed by atoms with Gasteiger partial charge < -0.3 is 14.7 Å². The van der Waals surface area contributed by atoms with E-state index in [-0.39, 0.29) is 0 Å². The Hall–Kier alpha value is -1.62. The summed E-state index contributed by atoms with van der Waals surface area (Å²) in [5.74, 6) is 2.20. The molecule has 2 aromatic rings. The number of furan rings is 1. The summed E-state index contributed by atoms with van der Waals surface area (Å²) < 4.78 is 7.48. The van der Waals surface area contributed by atoms with E-state index in [1.807, 2.05) is 16.7 Å². The molecule has 0 aromatic carbocycles. The summed E-state index contributed by atoms with van der Waals surface area (Å²) in [7, 11) is 0. The van der Waals surface area contributed by atoms with Crippen LogP contribution in [0.2, 0.25) is 0 Å². The van der Waals surface area contributed by atoms with Gasteiger partial charge >= 0.3 is 0 Å². The van der Waals surface area contributed by atoms with Gasteiger partial charge in [-0.15, -0.1) is 10.2 Å². The van der Waals surface area contributed by atoms with Crippen LogP contribution < -0.4 is 5.73 Å². The average Bonchev–Trinajstić information content (AvgIpc) is 2.85. The molecule has 15 heavy (non-hydrogen) atoms. The monoisotopic (exact) mass is 206 g/mol. The van der Waals surface area contributed by atoms with E-state index in [1.54, 1.807) is 6.33 Å². The molecule has 2 aromatic heterocycles. The molecule has 0 bridgehead atoms. The number of hydrogen-bond donors (Lipinski definition) is 1. The molecule has 2 N–H and O–H groups in total. The highest BCUT2D eigenvalue weighted by Crippen LogP contribution is 2.22. The van der Waals surface area contributed by atoms with Crippen molar-refractivity contribution in [3.05, 3.63) is 24.2 Å². The molecule has 0 aliphatic carbocycles. The van der Waals surface area contributed by atoms with Gasteiger partial charge in [0.2, 0.25) is 0 Å². The fourth-order valence-corrected chi connectivity index (χ4v) is 1.40. The van der Waals surface area contributed by atoms with Crippen LogP contribution in [-0.2, 0) is 6.54 Å². The van der Waals surface area contributed by atoms with E-state index >= 15 is 0 Å². The van der Waals surface area contributed by atoms with E-state index in [0.717, 1.165) is 11.6 Å². The van der Waals surface area contributed by atoms with E-state index in [0.29, 0.717) is 18.3 Å². The summed E-state index contributed by atoms with van der Waals surface area (Å²) in [6.45, 7) is 4.54. The van der Waals surface area contributed by atoms with Gasteiger partial charge in [-0.05, 0) is 26.0 Å². The highest BCUT2D eigenvalue weighted by atomic mass is 16.3. The van der Waals surface area contributed by atoms with E-state index < -0.39 is 0 Å². The minimum atomic E-state index is 0.307. The topological polar surface area (TPSA) is 69.9 Å². The largest absolute Gasteiger partial charge is 0.456 e. The van der Waals surface area contributed by atoms with Crippen molar-refractivity contribution in [2.24, 2.45) is 5.73 Å². The van der Waals surface area contributed by atoms with Gasteiger partial charge in [-0.3, -0.25) is 0 Å². The first-order valence-electron chi connectivity index (χ1n) is 4.91. The lowest BCUT2D eigenvalue weighted by Gasteiger charge is -2.07.